The summed E-state index contributed by atoms with van der Waals surface area (Å²) in [5.41, 5.74) is 4.78. The van der Waals surface area contributed by atoms with Crippen molar-refractivity contribution in [2.24, 2.45) is 5.14 Å². The molecule has 3 rings (SSSR count). The molecule has 0 aliphatic rings. The Kier molecular flexibility index (Phi) is 4.23. The summed E-state index contributed by atoms with van der Waals surface area (Å²) in [5.74, 6) is 0. The molecule has 2 aromatic carbocycles. The van der Waals surface area contributed by atoms with Crippen molar-refractivity contribution < 1.29 is 13.5 Å². The molecule has 24 heavy (non-hydrogen) atoms. The number of nitrogens with zero attached hydrogens (tertiary/aromatic N) is 1. The second-order valence-corrected chi connectivity index (χ2v) is 7.08. The minimum atomic E-state index is -3.74. The summed E-state index contributed by atoms with van der Waals surface area (Å²) in [6.45, 7) is 1.80. The first-order valence-electron chi connectivity index (χ1n) is 7.28. The van der Waals surface area contributed by atoms with Crippen LogP contribution in [-0.2, 0) is 16.6 Å². The fourth-order valence-electron chi connectivity index (χ4n) is 2.54. The number of primary sulfonamides is 1. The summed E-state index contributed by atoms with van der Waals surface area (Å²) in [6, 6.07) is 14.1. The van der Waals surface area contributed by atoms with Crippen LogP contribution in [0.2, 0.25) is 0 Å². The molecule has 0 atom stereocenters. The molecular weight excluding hydrogens is 326 g/mol. The van der Waals surface area contributed by atoms with Gasteiger partial charge in [0.15, 0.2) is 0 Å². The van der Waals surface area contributed by atoms with Crippen LogP contribution in [0.15, 0.2) is 53.4 Å². The fourth-order valence-corrected chi connectivity index (χ4v) is 3.05. The molecule has 0 spiro atoms. The van der Waals surface area contributed by atoms with Crippen molar-refractivity contribution in [3.8, 4) is 22.4 Å². The number of H-pyrrole nitrogens is 1. The number of aliphatic hydroxyl groups is 1. The van der Waals surface area contributed by atoms with Gasteiger partial charge in [0, 0.05) is 11.1 Å². The first kappa shape index (κ1) is 16.4. The zero-order chi connectivity index (χ0) is 17.3. The SMILES string of the molecule is Cc1ccc(-c2n[nH]c(CO)c2-c2ccc(S(N)(=O)=O)cc2)cc1. The molecule has 0 saturated carbocycles. The highest BCUT2D eigenvalue weighted by Crippen LogP contribution is 2.33. The molecule has 1 heterocycles. The van der Waals surface area contributed by atoms with Crippen LogP contribution in [0.3, 0.4) is 0 Å². The summed E-state index contributed by atoms with van der Waals surface area (Å²) >= 11 is 0. The molecule has 4 N–H and O–H groups in total. The van der Waals surface area contributed by atoms with Gasteiger partial charge in [0.2, 0.25) is 10.0 Å². The molecule has 0 amide bonds. The van der Waals surface area contributed by atoms with E-state index in [4.69, 9.17) is 5.14 Å². The summed E-state index contributed by atoms with van der Waals surface area (Å²) in [5, 5.41) is 21.9. The molecule has 7 heteroatoms. The Balaban J connectivity index is 2.13. The maximum absolute atomic E-state index is 11.4. The highest BCUT2D eigenvalue weighted by molar-refractivity contribution is 7.89. The van der Waals surface area contributed by atoms with Crippen LogP contribution < -0.4 is 5.14 Å². The lowest BCUT2D eigenvalue weighted by molar-refractivity contribution is 0.277. The Hall–Kier alpha value is -2.48. The van der Waals surface area contributed by atoms with E-state index in [0.29, 0.717) is 11.4 Å². The standard InChI is InChI=1S/C17H17N3O3S/c1-11-2-4-13(5-3-11)17-16(15(10-21)19-20-17)12-6-8-14(9-7-12)24(18,22)23/h2-9,21H,10H2,1H3,(H,19,20)(H2,18,22,23). The van der Waals surface area contributed by atoms with Gasteiger partial charge >= 0.3 is 0 Å². The van der Waals surface area contributed by atoms with Gasteiger partial charge in [-0.15, -0.1) is 0 Å². The third-order valence-corrected chi connectivity index (χ3v) is 4.73. The van der Waals surface area contributed by atoms with Crippen LogP contribution in [-0.4, -0.2) is 23.7 Å². The van der Waals surface area contributed by atoms with Crippen LogP contribution >= 0.6 is 0 Å². The van der Waals surface area contributed by atoms with Gasteiger partial charge in [0.1, 0.15) is 5.69 Å². The van der Waals surface area contributed by atoms with E-state index in [1.807, 2.05) is 31.2 Å². The molecule has 0 bridgehead atoms. The first-order chi connectivity index (χ1) is 11.4. The number of hydrogen-bond donors (Lipinski definition) is 3. The van der Waals surface area contributed by atoms with Crippen molar-refractivity contribution in [2.45, 2.75) is 18.4 Å². The average molecular weight is 343 g/mol. The lowest BCUT2D eigenvalue weighted by Crippen LogP contribution is -2.11. The number of sulfonamides is 1. The third-order valence-electron chi connectivity index (χ3n) is 3.80. The molecule has 0 aliphatic carbocycles. The van der Waals surface area contributed by atoms with Gasteiger partial charge in [-0.2, -0.15) is 5.10 Å². The van der Waals surface area contributed by atoms with Crippen molar-refractivity contribution >= 4 is 10.0 Å². The average Bonchev–Trinajstić information content (AvgIpc) is 2.99. The number of aromatic amines is 1. The second-order valence-electron chi connectivity index (χ2n) is 5.52. The number of aromatic nitrogens is 2. The van der Waals surface area contributed by atoms with E-state index in [0.717, 1.165) is 22.3 Å². The number of hydrogen-bond acceptors (Lipinski definition) is 4. The largest absolute Gasteiger partial charge is 0.390 e. The van der Waals surface area contributed by atoms with Gasteiger partial charge in [-0.1, -0.05) is 42.0 Å². The van der Waals surface area contributed by atoms with Crippen molar-refractivity contribution in [1.82, 2.24) is 10.2 Å². The quantitative estimate of drug-likeness (QED) is 0.674. The van der Waals surface area contributed by atoms with Gasteiger partial charge < -0.3 is 5.11 Å². The zero-order valence-corrected chi connectivity index (χ0v) is 13.8. The number of nitrogens with one attached hydrogen (secondary N) is 1. The second kappa shape index (κ2) is 6.20. The Bertz CT molecular complexity index is 959. The molecule has 0 aliphatic heterocycles. The third kappa shape index (κ3) is 3.09. The van der Waals surface area contributed by atoms with Crippen LogP contribution in [0.1, 0.15) is 11.3 Å². The lowest BCUT2D eigenvalue weighted by Gasteiger charge is -2.07. The minimum Gasteiger partial charge on any atom is -0.390 e. The van der Waals surface area contributed by atoms with Crippen molar-refractivity contribution in [1.29, 1.82) is 0 Å². The zero-order valence-electron chi connectivity index (χ0n) is 13.0. The summed E-state index contributed by atoms with van der Waals surface area (Å²) in [4.78, 5) is 0.0391. The van der Waals surface area contributed by atoms with Gasteiger partial charge in [-0.05, 0) is 24.6 Å². The molecule has 0 radical (unpaired) electrons. The van der Waals surface area contributed by atoms with Crippen LogP contribution in [0.25, 0.3) is 22.4 Å². The van der Waals surface area contributed by atoms with E-state index in [1.165, 1.54) is 12.1 Å². The molecule has 3 aromatic rings. The Morgan fingerprint density at radius 3 is 2.17 bits per heavy atom. The lowest BCUT2D eigenvalue weighted by atomic mass is 9.98. The van der Waals surface area contributed by atoms with E-state index < -0.39 is 10.0 Å². The predicted octanol–water partition coefficient (Wildman–Crippen LogP) is 2.19. The van der Waals surface area contributed by atoms with Gasteiger partial charge in [0.05, 0.1) is 17.2 Å². The maximum Gasteiger partial charge on any atom is 0.238 e. The van der Waals surface area contributed by atoms with E-state index in [-0.39, 0.29) is 11.5 Å². The van der Waals surface area contributed by atoms with Crippen LogP contribution in [0.4, 0.5) is 0 Å². The smallest absolute Gasteiger partial charge is 0.238 e. The number of benzene rings is 2. The molecular formula is C17H17N3O3S. The minimum absolute atomic E-state index is 0.0391. The van der Waals surface area contributed by atoms with Gasteiger partial charge in [-0.25, -0.2) is 13.6 Å². The number of nitrogens with two attached hydrogens (primary N) is 1. The van der Waals surface area contributed by atoms with Crippen molar-refractivity contribution in [2.75, 3.05) is 0 Å². The van der Waals surface area contributed by atoms with E-state index in [1.54, 1.807) is 12.1 Å². The molecule has 6 nitrogen and oxygen atoms in total. The highest BCUT2D eigenvalue weighted by atomic mass is 32.2. The Morgan fingerprint density at radius 1 is 1.04 bits per heavy atom. The molecule has 0 unspecified atom stereocenters. The molecule has 0 fully saturated rings. The Labute approximate surface area is 140 Å². The molecule has 0 saturated heterocycles. The summed E-state index contributed by atoms with van der Waals surface area (Å²) in [6.07, 6.45) is 0. The van der Waals surface area contributed by atoms with E-state index >= 15 is 0 Å². The van der Waals surface area contributed by atoms with E-state index in [9.17, 15) is 13.5 Å². The number of rotatable bonds is 4. The first-order valence-corrected chi connectivity index (χ1v) is 8.83. The summed E-state index contributed by atoms with van der Waals surface area (Å²) in [7, 11) is -3.74. The molecule has 1 aromatic heterocycles. The monoisotopic (exact) mass is 343 g/mol. The number of aliphatic hydroxyl groups excluding tert-OH is 1. The highest BCUT2D eigenvalue weighted by Gasteiger charge is 2.17. The van der Waals surface area contributed by atoms with Crippen molar-refractivity contribution in [3.63, 3.8) is 0 Å². The Morgan fingerprint density at radius 2 is 1.62 bits per heavy atom. The van der Waals surface area contributed by atoms with Gasteiger partial charge in [-0.3, -0.25) is 5.10 Å². The topological polar surface area (TPSA) is 109 Å². The van der Waals surface area contributed by atoms with E-state index in [2.05, 4.69) is 10.2 Å². The number of aryl methyl sites for hydroxylation is 1. The summed E-state index contributed by atoms with van der Waals surface area (Å²) < 4.78 is 22.8. The fraction of sp³-hybridized carbons (Fsp3) is 0.118. The van der Waals surface area contributed by atoms with Gasteiger partial charge in [0.25, 0.3) is 0 Å². The molecule has 124 valence electrons. The van der Waals surface area contributed by atoms with Crippen LogP contribution in [0, 0.1) is 6.92 Å². The predicted molar refractivity (Wildman–Crippen MR) is 91.5 cm³/mol. The maximum atomic E-state index is 11.4. The van der Waals surface area contributed by atoms with Crippen LogP contribution in [0.5, 0.6) is 0 Å². The normalized spacial score (nSPS) is 11.6. The van der Waals surface area contributed by atoms with Crippen molar-refractivity contribution in [3.05, 3.63) is 59.8 Å².